The second-order valence-electron chi connectivity index (χ2n) is 3.49. The summed E-state index contributed by atoms with van der Waals surface area (Å²) in [5.74, 6) is 0.822. The molecule has 0 aliphatic rings. The van der Waals surface area contributed by atoms with Crippen molar-refractivity contribution in [3.8, 4) is 0 Å². The molecule has 2 aromatic rings. The Morgan fingerprint density at radius 3 is 2.53 bits per heavy atom. The van der Waals surface area contributed by atoms with Crippen LogP contribution in [-0.4, -0.2) is 24.7 Å². The zero-order valence-electron chi connectivity index (χ0n) is 9.60. The monoisotopic (exact) mass is 270 g/mol. The average Bonchev–Trinajstić information content (AvgIpc) is 2.57. The first-order valence-electron chi connectivity index (χ1n) is 4.82. The molecule has 17 heavy (non-hydrogen) atoms. The van der Waals surface area contributed by atoms with Gasteiger partial charge in [0.05, 0.1) is 11.4 Å². The predicted octanol–water partition coefficient (Wildman–Crippen LogP) is 1.61. The summed E-state index contributed by atoms with van der Waals surface area (Å²) in [5, 5.41) is 9.48. The van der Waals surface area contributed by atoms with Crippen LogP contribution in [0.2, 0.25) is 5.28 Å². The van der Waals surface area contributed by atoms with E-state index < -0.39 is 0 Å². The van der Waals surface area contributed by atoms with Crippen LogP contribution in [0.1, 0.15) is 11.5 Å². The summed E-state index contributed by atoms with van der Waals surface area (Å²) >= 11 is 7.12. The fraction of sp³-hybridized carbons (Fsp3) is 0.333. The van der Waals surface area contributed by atoms with Crippen LogP contribution >= 0.6 is 23.4 Å². The van der Waals surface area contributed by atoms with Gasteiger partial charge in [-0.05, 0) is 37.2 Å². The molecule has 0 spiro atoms. The number of nitrogens with two attached hydrogens (primary N) is 1. The smallest absolute Gasteiger partial charge is 0.223 e. The molecule has 0 fully saturated rings. The highest BCUT2D eigenvalue weighted by atomic mass is 35.5. The van der Waals surface area contributed by atoms with Crippen LogP contribution in [0.4, 0.5) is 5.69 Å². The third-order valence-electron chi connectivity index (χ3n) is 2.31. The number of halogens is 1. The Balaban J connectivity index is 2.39. The second-order valence-corrected chi connectivity index (χ2v) is 4.78. The van der Waals surface area contributed by atoms with Crippen LogP contribution < -0.4 is 5.73 Å². The number of nitrogens with zero attached hydrogens (tertiary/aromatic N) is 5. The predicted molar refractivity (Wildman–Crippen MR) is 66.1 cm³/mol. The van der Waals surface area contributed by atoms with E-state index in [0.717, 1.165) is 5.82 Å². The third kappa shape index (κ3) is 2.34. The zero-order valence-corrected chi connectivity index (χ0v) is 11.2. The van der Waals surface area contributed by atoms with E-state index in [1.807, 2.05) is 18.5 Å². The van der Waals surface area contributed by atoms with Gasteiger partial charge in [0.25, 0.3) is 0 Å². The molecule has 90 valence electrons. The minimum Gasteiger partial charge on any atom is -0.395 e. The van der Waals surface area contributed by atoms with E-state index in [2.05, 4.69) is 20.2 Å². The first kappa shape index (κ1) is 12.1. The Morgan fingerprint density at radius 2 is 1.94 bits per heavy atom. The first-order valence-corrected chi connectivity index (χ1v) is 6.02. The molecule has 2 N–H and O–H groups in total. The van der Waals surface area contributed by atoms with Gasteiger partial charge in [0.2, 0.25) is 5.28 Å². The first-order chi connectivity index (χ1) is 7.99. The molecule has 0 atom stereocenters. The second kappa shape index (κ2) is 4.50. The summed E-state index contributed by atoms with van der Waals surface area (Å²) in [5.41, 5.74) is 7.07. The van der Waals surface area contributed by atoms with Gasteiger partial charge in [0.15, 0.2) is 5.16 Å². The molecule has 0 bridgehead atoms. The third-order valence-corrected chi connectivity index (χ3v) is 3.53. The van der Waals surface area contributed by atoms with Gasteiger partial charge < -0.3 is 10.3 Å². The molecular formula is C9H11ClN6S. The molecule has 8 heteroatoms. The summed E-state index contributed by atoms with van der Waals surface area (Å²) < 4.78 is 1.86. The van der Waals surface area contributed by atoms with Gasteiger partial charge in [-0.2, -0.15) is 0 Å². The molecule has 2 heterocycles. The van der Waals surface area contributed by atoms with Gasteiger partial charge in [-0.25, -0.2) is 9.97 Å². The number of nitrogen functional groups attached to an aromatic ring is 1. The van der Waals surface area contributed by atoms with E-state index >= 15 is 0 Å². The quantitative estimate of drug-likeness (QED) is 0.659. The fourth-order valence-electron chi connectivity index (χ4n) is 1.16. The molecule has 0 saturated heterocycles. The molecule has 2 rings (SSSR count). The molecular weight excluding hydrogens is 260 g/mol. The molecule has 0 amide bonds. The summed E-state index contributed by atoms with van der Waals surface area (Å²) in [6.07, 6.45) is 0. The highest BCUT2D eigenvalue weighted by Crippen LogP contribution is 2.30. The molecule has 0 aromatic carbocycles. The summed E-state index contributed by atoms with van der Waals surface area (Å²) in [6, 6.07) is 0. The van der Waals surface area contributed by atoms with Gasteiger partial charge in [-0.15, -0.1) is 10.2 Å². The number of rotatable bonds is 2. The van der Waals surface area contributed by atoms with Crippen LogP contribution in [0.15, 0.2) is 10.2 Å². The molecule has 0 saturated carbocycles. The van der Waals surface area contributed by atoms with Crippen LogP contribution in [0, 0.1) is 13.8 Å². The van der Waals surface area contributed by atoms with Crippen molar-refractivity contribution in [2.24, 2.45) is 7.05 Å². The van der Waals surface area contributed by atoms with Gasteiger partial charge >= 0.3 is 0 Å². The Kier molecular flexibility index (Phi) is 3.21. The Bertz CT molecular complexity index is 567. The lowest BCUT2D eigenvalue weighted by Crippen LogP contribution is -2.01. The van der Waals surface area contributed by atoms with Crippen molar-refractivity contribution in [2.75, 3.05) is 5.73 Å². The minimum atomic E-state index is 0.179. The number of hydrogen-bond donors (Lipinski definition) is 1. The fourth-order valence-corrected chi connectivity index (χ4v) is 2.34. The largest absolute Gasteiger partial charge is 0.395 e. The summed E-state index contributed by atoms with van der Waals surface area (Å²) in [4.78, 5) is 8.07. The maximum absolute atomic E-state index is 5.89. The van der Waals surface area contributed by atoms with Crippen LogP contribution in [0.25, 0.3) is 0 Å². The standard InChI is InChI=1S/C9H11ClN6S/c1-4-6(11)7(13-8(10)12-4)17-9-15-14-5(2)16(9)3/h11H2,1-3H3. The van der Waals surface area contributed by atoms with Crippen molar-refractivity contribution in [1.29, 1.82) is 0 Å². The van der Waals surface area contributed by atoms with Gasteiger partial charge in [-0.1, -0.05) is 0 Å². The van der Waals surface area contributed by atoms with E-state index in [1.54, 1.807) is 6.92 Å². The average molecular weight is 271 g/mol. The molecule has 0 aliphatic carbocycles. The molecule has 0 unspecified atom stereocenters. The van der Waals surface area contributed by atoms with Crippen LogP contribution in [0.3, 0.4) is 0 Å². The maximum atomic E-state index is 5.89. The normalized spacial score (nSPS) is 10.8. The van der Waals surface area contributed by atoms with Gasteiger partial charge in [-0.3, -0.25) is 0 Å². The van der Waals surface area contributed by atoms with E-state index in [9.17, 15) is 0 Å². The van der Waals surface area contributed by atoms with Crippen molar-refractivity contribution >= 4 is 29.1 Å². The van der Waals surface area contributed by atoms with E-state index in [1.165, 1.54) is 11.8 Å². The van der Waals surface area contributed by atoms with Crippen molar-refractivity contribution < 1.29 is 0 Å². The SMILES string of the molecule is Cc1nc(Cl)nc(Sc2nnc(C)n2C)c1N. The topological polar surface area (TPSA) is 82.5 Å². The Labute approximate surface area is 108 Å². The number of hydrogen-bond acceptors (Lipinski definition) is 6. The highest BCUT2D eigenvalue weighted by molar-refractivity contribution is 7.99. The van der Waals surface area contributed by atoms with Gasteiger partial charge in [0.1, 0.15) is 10.9 Å². The zero-order chi connectivity index (χ0) is 12.6. The van der Waals surface area contributed by atoms with Gasteiger partial charge in [0, 0.05) is 7.05 Å². The lowest BCUT2D eigenvalue weighted by Gasteiger charge is -2.06. The van der Waals surface area contributed by atoms with Crippen LogP contribution in [0.5, 0.6) is 0 Å². The molecule has 2 aromatic heterocycles. The van der Waals surface area contributed by atoms with E-state index in [-0.39, 0.29) is 5.28 Å². The molecule has 6 nitrogen and oxygen atoms in total. The minimum absolute atomic E-state index is 0.179. The number of aryl methyl sites for hydroxylation is 2. The molecule has 0 aliphatic heterocycles. The number of anilines is 1. The van der Waals surface area contributed by atoms with Crippen molar-refractivity contribution in [3.05, 3.63) is 16.8 Å². The summed E-state index contributed by atoms with van der Waals surface area (Å²) in [6.45, 7) is 3.66. The molecule has 0 radical (unpaired) electrons. The lowest BCUT2D eigenvalue weighted by molar-refractivity contribution is 0.764. The van der Waals surface area contributed by atoms with Crippen LogP contribution in [-0.2, 0) is 7.05 Å². The lowest BCUT2D eigenvalue weighted by atomic mass is 10.4. The van der Waals surface area contributed by atoms with Crippen molar-refractivity contribution in [2.45, 2.75) is 24.0 Å². The summed E-state index contributed by atoms with van der Waals surface area (Å²) in [7, 11) is 1.88. The Morgan fingerprint density at radius 1 is 1.24 bits per heavy atom. The maximum Gasteiger partial charge on any atom is 0.223 e. The highest BCUT2D eigenvalue weighted by Gasteiger charge is 2.13. The van der Waals surface area contributed by atoms with Crippen molar-refractivity contribution in [3.63, 3.8) is 0 Å². The van der Waals surface area contributed by atoms with E-state index in [4.69, 9.17) is 17.3 Å². The van der Waals surface area contributed by atoms with Crippen molar-refractivity contribution in [1.82, 2.24) is 24.7 Å². The number of aromatic nitrogens is 5. The Hall–Kier alpha value is -1.34. The van der Waals surface area contributed by atoms with E-state index in [0.29, 0.717) is 21.6 Å².